The Morgan fingerprint density at radius 1 is 1.19 bits per heavy atom. The van der Waals surface area contributed by atoms with Gasteiger partial charge in [-0.1, -0.05) is 0 Å². The van der Waals surface area contributed by atoms with Crippen LogP contribution in [0.1, 0.15) is 50.0 Å². The smallest absolute Gasteiger partial charge is 0.263 e. The number of amides is 1. The van der Waals surface area contributed by atoms with Crippen LogP contribution in [0.5, 0.6) is 0 Å². The molecular formula is C18H34N6OS. The van der Waals surface area contributed by atoms with E-state index in [9.17, 15) is 4.79 Å². The van der Waals surface area contributed by atoms with Crippen molar-refractivity contribution in [1.82, 2.24) is 25.8 Å². The van der Waals surface area contributed by atoms with Crippen LogP contribution in [0, 0.1) is 6.92 Å². The maximum absolute atomic E-state index is 12.1. The number of thiazole rings is 1. The molecule has 8 heteroatoms. The van der Waals surface area contributed by atoms with Crippen LogP contribution in [0.25, 0.3) is 0 Å². The van der Waals surface area contributed by atoms with E-state index in [1.54, 1.807) is 5.51 Å². The molecule has 0 saturated heterocycles. The van der Waals surface area contributed by atoms with E-state index in [4.69, 9.17) is 0 Å². The molecule has 1 aromatic rings. The van der Waals surface area contributed by atoms with Gasteiger partial charge in [-0.05, 0) is 41.5 Å². The van der Waals surface area contributed by atoms with E-state index in [1.165, 1.54) is 11.3 Å². The third-order valence-corrected chi connectivity index (χ3v) is 4.88. The zero-order valence-electron chi connectivity index (χ0n) is 16.9. The highest BCUT2D eigenvalue weighted by Crippen LogP contribution is 2.11. The number of carbonyl (C=O) groups is 1. The van der Waals surface area contributed by atoms with E-state index in [-0.39, 0.29) is 5.91 Å². The van der Waals surface area contributed by atoms with Gasteiger partial charge >= 0.3 is 0 Å². The summed E-state index contributed by atoms with van der Waals surface area (Å²) in [5.41, 5.74) is 2.46. The molecule has 26 heavy (non-hydrogen) atoms. The maximum Gasteiger partial charge on any atom is 0.263 e. The van der Waals surface area contributed by atoms with Crippen LogP contribution < -0.4 is 16.0 Å². The normalized spacial score (nSPS) is 12.1. The molecule has 0 unspecified atom stereocenters. The molecule has 0 aliphatic rings. The summed E-state index contributed by atoms with van der Waals surface area (Å²) >= 11 is 1.36. The molecule has 0 aliphatic carbocycles. The Hall–Kier alpha value is -1.67. The molecule has 0 fully saturated rings. The molecule has 0 saturated carbocycles. The highest BCUT2D eigenvalue weighted by atomic mass is 32.1. The zero-order chi connectivity index (χ0) is 19.5. The number of rotatable bonds is 10. The van der Waals surface area contributed by atoms with Gasteiger partial charge in [-0.15, -0.1) is 11.3 Å². The summed E-state index contributed by atoms with van der Waals surface area (Å²) in [5.74, 6) is 0.710. The third-order valence-electron chi connectivity index (χ3n) is 3.95. The number of nitrogens with one attached hydrogen (secondary N) is 3. The molecule has 1 aromatic heterocycles. The first-order chi connectivity index (χ1) is 12.4. The summed E-state index contributed by atoms with van der Waals surface area (Å²) in [4.78, 5) is 23.9. The van der Waals surface area contributed by atoms with Crippen molar-refractivity contribution in [3.8, 4) is 0 Å². The zero-order valence-corrected chi connectivity index (χ0v) is 17.7. The van der Waals surface area contributed by atoms with Crippen molar-refractivity contribution in [2.24, 2.45) is 4.99 Å². The molecular weight excluding hydrogens is 348 g/mol. The molecule has 0 aliphatic heterocycles. The average Bonchev–Trinajstić information content (AvgIpc) is 3.00. The van der Waals surface area contributed by atoms with Crippen molar-refractivity contribution in [2.75, 3.05) is 32.7 Å². The average molecular weight is 383 g/mol. The Morgan fingerprint density at radius 2 is 1.85 bits per heavy atom. The van der Waals surface area contributed by atoms with Crippen LogP contribution in [-0.2, 0) is 0 Å². The molecule has 0 bridgehead atoms. The first-order valence-electron chi connectivity index (χ1n) is 9.33. The van der Waals surface area contributed by atoms with E-state index in [0.29, 0.717) is 30.1 Å². The van der Waals surface area contributed by atoms with Crippen molar-refractivity contribution in [3.05, 3.63) is 16.1 Å². The van der Waals surface area contributed by atoms with E-state index in [0.717, 1.165) is 31.3 Å². The predicted molar refractivity (Wildman–Crippen MR) is 110 cm³/mol. The van der Waals surface area contributed by atoms with Gasteiger partial charge in [-0.2, -0.15) is 0 Å². The van der Waals surface area contributed by atoms with E-state index < -0.39 is 0 Å². The van der Waals surface area contributed by atoms with Crippen LogP contribution in [0.4, 0.5) is 0 Å². The molecule has 1 amide bonds. The minimum Gasteiger partial charge on any atom is -0.357 e. The van der Waals surface area contributed by atoms with Gasteiger partial charge in [0.25, 0.3) is 5.91 Å². The third kappa shape index (κ3) is 7.70. The van der Waals surface area contributed by atoms with Gasteiger partial charge in [0, 0.05) is 38.3 Å². The lowest BCUT2D eigenvalue weighted by Gasteiger charge is -2.29. The van der Waals surface area contributed by atoms with E-state index in [2.05, 4.69) is 58.5 Å². The molecule has 148 valence electrons. The Kier molecular flexibility index (Phi) is 10.2. The Balaban J connectivity index is 2.40. The Bertz CT molecular complexity index is 562. The second-order valence-electron chi connectivity index (χ2n) is 6.64. The summed E-state index contributed by atoms with van der Waals surface area (Å²) < 4.78 is 0. The fourth-order valence-electron chi connectivity index (χ4n) is 2.69. The van der Waals surface area contributed by atoms with Gasteiger partial charge in [0.15, 0.2) is 5.96 Å². The van der Waals surface area contributed by atoms with Crippen molar-refractivity contribution in [1.29, 1.82) is 0 Å². The van der Waals surface area contributed by atoms with Gasteiger partial charge in [-0.25, -0.2) is 4.98 Å². The van der Waals surface area contributed by atoms with Crippen molar-refractivity contribution in [2.45, 2.75) is 53.6 Å². The van der Waals surface area contributed by atoms with Crippen LogP contribution in [0.3, 0.4) is 0 Å². The number of hydrogen-bond donors (Lipinski definition) is 3. The number of guanidine groups is 1. The lowest BCUT2D eigenvalue weighted by Crippen LogP contribution is -2.42. The summed E-state index contributed by atoms with van der Waals surface area (Å²) in [6.45, 7) is 16.3. The lowest BCUT2D eigenvalue weighted by molar-refractivity contribution is 0.0957. The number of nitrogens with zero attached hydrogens (tertiary/aromatic N) is 3. The second kappa shape index (κ2) is 11.9. The molecule has 7 nitrogen and oxygen atoms in total. The fourth-order valence-corrected chi connectivity index (χ4v) is 3.41. The number of hydrogen-bond acceptors (Lipinski definition) is 5. The van der Waals surface area contributed by atoms with Crippen LogP contribution in [0.15, 0.2) is 10.5 Å². The van der Waals surface area contributed by atoms with E-state index in [1.807, 2.05) is 13.8 Å². The molecule has 0 radical (unpaired) electrons. The predicted octanol–water partition coefficient (Wildman–Crippen LogP) is 1.86. The van der Waals surface area contributed by atoms with Gasteiger partial charge in [0.1, 0.15) is 4.88 Å². The number of carbonyl (C=O) groups excluding carboxylic acids is 1. The van der Waals surface area contributed by atoms with Crippen LogP contribution in [-0.4, -0.2) is 66.6 Å². The van der Waals surface area contributed by atoms with Gasteiger partial charge < -0.3 is 16.0 Å². The molecule has 0 aromatic carbocycles. The monoisotopic (exact) mass is 382 g/mol. The van der Waals surface area contributed by atoms with Gasteiger partial charge in [0.05, 0.1) is 17.7 Å². The molecule has 1 heterocycles. The lowest BCUT2D eigenvalue weighted by atomic mass is 10.2. The molecule has 0 spiro atoms. The van der Waals surface area contributed by atoms with Crippen molar-refractivity contribution >= 4 is 23.2 Å². The summed E-state index contributed by atoms with van der Waals surface area (Å²) in [5, 5.41) is 9.41. The van der Waals surface area contributed by atoms with Crippen LogP contribution >= 0.6 is 11.3 Å². The van der Waals surface area contributed by atoms with Crippen molar-refractivity contribution < 1.29 is 4.79 Å². The van der Waals surface area contributed by atoms with Crippen molar-refractivity contribution in [3.63, 3.8) is 0 Å². The van der Waals surface area contributed by atoms with Crippen LogP contribution in [0.2, 0.25) is 0 Å². The topological polar surface area (TPSA) is 81.7 Å². The Morgan fingerprint density at radius 3 is 2.38 bits per heavy atom. The number of aryl methyl sites for hydroxylation is 1. The molecule has 0 atom stereocenters. The summed E-state index contributed by atoms with van der Waals surface area (Å²) in [7, 11) is 0. The second-order valence-corrected chi connectivity index (χ2v) is 7.49. The highest BCUT2D eigenvalue weighted by molar-refractivity contribution is 7.11. The van der Waals surface area contributed by atoms with E-state index >= 15 is 0 Å². The largest absolute Gasteiger partial charge is 0.357 e. The Labute approximate surface area is 161 Å². The fraction of sp³-hybridized carbons (Fsp3) is 0.722. The maximum atomic E-state index is 12.1. The standard InChI is InChI=1S/C18H34N6OS/c1-7-19-18(22-10-11-24(13(2)3)14(4)5)21-9-8-20-17(25)16-15(6)23-12-26-16/h12-14H,7-11H2,1-6H3,(H,20,25)(H2,19,21,22). The first kappa shape index (κ1) is 22.4. The molecule has 3 N–H and O–H groups in total. The SMILES string of the molecule is CCNC(=NCCN(C(C)C)C(C)C)NCCNC(=O)c1scnc1C. The molecule has 1 rings (SSSR count). The first-order valence-corrected chi connectivity index (χ1v) is 10.2. The van der Waals surface area contributed by atoms with Gasteiger partial charge in [-0.3, -0.25) is 14.7 Å². The quantitative estimate of drug-likeness (QED) is 0.327. The number of aromatic nitrogens is 1. The number of aliphatic imine (C=N–C) groups is 1. The minimum absolute atomic E-state index is 0.0711. The minimum atomic E-state index is -0.0711. The summed E-state index contributed by atoms with van der Waals surface area (Å²) in [6, 6.07) is 1.01. The summed E-state index contributed by atoms with van der Waals surface area (Å²) in [6.07, 6.45) is 0. The highest BCUT2D eigenvalue weighted by Gasteiger charge is 2.12. The van der Waals surface area contributed by atoms with Gasteiger partial charge in [0.2, 0.25) is 0 Å².